The minimum absolute atomic E-state index is 0.160. The van der Waals surface area contributed by atoms with E-state index in [-0.39, 0.29) is 12.3 Å². The van der Waals surface area contributed by atoms with Crippen LogP contribution in [0.1, 0.15) is 22.4 Å². The van der Waals surface area contributed by atoms with E-state index in [1.54, 1.807) is 12.1 Å². The molecule has 0 aliphatic rings. The summed E-state index contributed by atoms with van der Waals surface area (Å²) in [4.78, 5) is 21.7. The molecular weight excluding hydrogens is 384 g/mol. The number of hydrogen-bond acceptors (Lipinski definition) is 3. The highest BCUT2D eigenvalue weighted by atomic mass is 35.5. The molecule has 3 heterocycles. The van der Waals surface area contributed by atoms with Crippen LogP contribution in [0.4, 0.5) is 5.82 Å². The second-order valence-corrected chi connectivity index (χ2v) is 7.66. The number of hydrogen-bond donors (Lipinski definition) is 1. The van der Waals surface area contributed by atoms with Crippen molar-refractivity contribution in [3.8, 4) is 11.3 Å². The van der Waals surface area contributed by atoms with Crippen molar-refractivity contribution in [1.29, 1.82) is 0 Å². The number of aromatic nitrogens is 3. The molecule has 1 amide bonds. The Bertz CT molecular complexity index is 1210. The molecule has 146 valence electrons. The largest absolute Gasteiger partial charge is 0.310 e. The predicted molar refractivity (Wildman–Crippen MR) is 116 cm³/mol. The molecule has 0 saturated carbocycles. The van der Waals surface area contributed by atoms with Gasteiger partial charge in [0.05, 0.1) is 22.8 Å². The maximum atomic E-state index is 12.8. The molecule has 1 aromatic carbocycles. The number of aryl methyl sites for hydroxylation is 3. The molecule has 4 rings (SSSR count). The zero-order valence-corrected chi connectivity index (χ0v) is 17.3. The zero-order chi connectivity index (χ0) is 20.5. The van der Waals surface area contributed by atoms with Gasteiger partial charge in [0.2, 0.25) is 5.91 Å². The quantitative estimate of drug-likeness (QED) is 0.511. The van der Waals surface area contributed by atoms with E-state index in [0.29, 0.717) is 10.8 Å². The predicted octanol–water partition coefficient (Wildman–Crippen LogP) is 5.16. The van der Waals surface area contributed by atoms with Gasteiger partial charge in [0.1, 0.15) is 11.5 Å². The van der Waals surface area contributed by atoms with E-state index in [0.717, 1.165) is 28.2 Å². The summed E-state index contributed by atoms with van der Waals surface area (Å²) in [6.07, 6.45) is 3.65. The topological polar surface area (TPSA) is 59.3 Å². The Morgan fingerprint density at radius 1 is 1.07 bits per heavy atom. The van der Waals surface area contributed by atoms with Crippen LogP contribution in [0.2, 0.25) is 5.02 Å². The van der Waals surface area contributed by atoms with Gasteiger partial charge in [0.25, 0.3) is 0 Å². The van der Waals surface area contributed by atoms with Crippen LogP contribution < -0.4 is 5.32 Å². The molecular formula is C23H21ClN4O. The number of halogens is 1. The van der Waals surface area contributed by atoms with Crippen LogP contribution >= 0.6 is 11.6 Å². The Morgan fingerprint density at radius 2 is 1.90 bits per heavy atom. The van der Waals surface area contributed by atoms with Crippen molar-refractivity contribution >= 4 is 29.0 Å². The molecule has 6 heteroatoms. The van der Waals surface area contributed by atoms with Crippen LogP contribution in [0, 0.1) is 20.8 Å². The van der Waals surface area contributed by atoms with E-state index in [9.17, 15) is 4.79 Å². The fourth-order valence-electron chi connectivity index (χ4n) is 3.27. The van der Waals surface area contributed by atoms with Crippen molar-refractivity contribution in [2.24, 2.45) is 0 Å². The Hall–Kier alpha value is -3.18. The monoisotopic (exact) mass is 404 g/mol. The molecule has 29 heavy (non-hydrogen) atoms. The van der Waals surface area contributed by atoms with Gasteiger partial charge in [-0.15, -0.1) is 0 Å². The van der Waals surface area contributed by atoms with E-state index in [2.05, 4.69) is 42.3 Å². The van der Waals surface area contributed by atoms with Crippen LogP contribution in [0.5, 0.6) is 0 Å². The first kappa shape index (κ1) is 19.2. The summed E-state index contributed by atoms with van der Waals surface area (Å²) in [6.45, 7) is 6.19. The van der Waals surface area contributed by atoms with Gasteiger partial charge < -0.3 is 9.72 Å². The van der Waals surface area contributed by atoms with Gasteiger partial charge in [-0.3, -0.25) is 4.79 Å². The molecule has 1 N–H and O–H groups in total. The molecule has 5 nitrogen and oxygen atoms in total. The summed E-state index contributed by atoms with van der Waals surface area (Å²) < 4.78 is 1.98. The second kappa shape index (κ2) is 7.68. The average Bonchev–Trinajstić information content (AvgIpc) is 3.03. The lowest BCUT2D eigenvalue weighted by Crippen LogP contribution is -2.16. The number of rotatable bonds is 4. The first-order valence-electron chi connectivity index (χ1n) is 9.37. The average molecular weight is 405 g/mol. The van der Waals surface area contributed by atoms with Gasteiger partial charge in [-0.05, 0) is 67.8 Å². The number of imidazole rings is 1. The molecule has 0 fully saturated rings. The first-order chi connectivity index (χ1) is 13.9. The maximum Gasteiger partial charge on any atom is 0.231 e. The summed E-state index contributed by atoms with van der Waals surface area (Å²) in [5.41, 5.74) is 7.02. The van der Waals surface area contributed by atoms with Crippen molar-refractivity contribution in [2.45, 2.75) is 27.2 Å². The molecule has 0 unspecified atom stereocenters. The number of benzene rings is 1. The van der Waals surface area contributed by atoms with Crippen molar-refractivity contribution in [2.75, 3.05) is 5.32 Å². The van der Waals surface area contributed by atoms with Gasteiger partial charge in [-0.1, -0.05) is 23.7 Å². The zero-order valence-electron chi connectivity index (χ0n) is 16.5. The molecule has 0 aliphatic carbocycles. The van der Waals surface area contributed by atoms with E-state index < -0.39 is 0 Å². The SMILES string of the molecule is Cc1ccn2c(CC(=O)Nc3ccc(Cl)cn3)c(-c3ccc(C)c(C)c3)nc2c1. The smallest absolute Gasteiger partial charge is 0.231 e. The standard InChI is InChI=1S/C23H21ClN4O/c1-14-8-9-28-19(12-22(29)26-20-7-6-18(24)13-25-20)23(27-21(28)10-14)17-5-4-15(2)16(3)11-17/h4-11,13H,12H2,1-3H3,(H,25,26,29). The molecule has 3 aromatic heterocycles. The molecule has 0 radical (unpaired) electrons. The van der Waals surface area contributed by atoms with Crippen LogP contribution in [0.15, 0.2) is 54.9 Å². The third-order valence-corrected chi connectivity index (χ3v) is 5.21. The maximum absolute atomic E-state index is 12.8. The number of nitrogens with one attached hydrogen (secondary N) is 1. The number of amides is 1. The molecule has 0 saturated heterocycles. The van der Waals surface area contributed by atoms with Gasteiger partial charge >= 0.3 is 0 Å². The number of carbonyl (C=O) groups excluding carboxylic acids is 1. The van der Waals surface area contributed by atoms with Crippen LogP contribution in [0.3, 0.4) is 0 Å². The summed E-state index contributed by atoms with van der Waals surface area (Å²) >= 11 is 5.87. The first-order valence-corrected chi connectivity index (χ1v) is 9.75. The number of carbonyl (C=O) groups is 1. The third kappa shape index (κ3) is 4.00. The Morgan fingerprint density at radius 3 is 2.62 bits per heavy atom. The number of anilines is 1. The van der Waals surface area contributed by atoms with E-state index in [4.69, 9.17) is 16.6 Å². The lowest BCUT2D eigenvalue weighted by Gasteiger charge is -2.08. The van der Waals surface area contributed by atoms with Gasteiger partial charge in [-0.25, -0.2) is 9.97 Å². The lowest BCUT2D eigenvalue weighted by molar-refractivity contribution is -0.115. The van der Waals surface area contributed by atoms with E-state index in [1.165, 1.54) is 17.3 Å². The summed E-state index contributed by atoms with van der Waals surface area (Å²) in [6, 6.07) is 13.7. The summed E-state index contributed by atoms with van der Waals surface area (Å²) in [5.74, 6) is 0.309. The number of pyridine rings is 2. The number of fused-ring (bicyclic) bond motifs is 1. The molecule has 0 bridgehead atoms. The lowest BCUT2D eigenvalue weighted by atomic mass is 10.0. The highest BCUT2D eigenvalue weighted by Gasteiger charge is 2.18. The van der Waals surface area contributed by atoms with Crippen molar-refractivity contribution in [3.05, 3.63) is 82.3 Å². The molecule has 0 aliphatic heterocycles. The van der Waals surface area contributed by atoms with Gasteiger partial charge in [-0.2, -0.15) is 0 Å². The third-order valence-electron chi connectivity index (χ3n) is 4.98. The van der Waals surface area contributed by atoms with Crippen LogP contribution in [-0.2, 0) is 11.2 Å². The highest BCUT2D eigenvalue weighted by Crippen LogP contribution is 2.27. The number of nitrogens with zero attached hydrogens (tertiary/aromatic N) is 3. The van der Waals surface area contributed by atoms with Gasteiger partial charge in [0.15, 0.2) is 0 Å². The fourth-order valence-corrected chi connectivity index (χ4v) is 3.39. The second-order valence-electron chi connectivity index (χ2n) is 7.23. The highest BCUT2D eigenvalue weighted by molar-refractivity contribution is 6.30. The summed E-state index contributed by atoms with van der Waals surface area (Å²) in [5, 5.41) is 3.36. The summed E-state index contributed by atoms with van der Waals surface area (Å²) in [7, 11) is 0. The molecule has 4 aromatic rings. The van der Waals surface area contributed by atoms with Crippen LogP contribution in [0.25, 0.3) is 16.9 Å². The fraction of sp³-hybridized carbons (Fsp3) is 0.174. The van der Waals surface area contributed by atoms with Crippen molar-refractivity contribution in [3.63, 3.8) is 0 Å². The van der Waals surface area contributed by atoms with Crippen LogP contribution in [-0.4, -0.2) is 20.3 Å². The van der Waals surface area contributed by atoms with Gasteiger partial charge in [0, 0.05) is 18.0 Å². The molecule has 0 spiro atoms. The van der Waals surface area contributed by atoms with Crippen molar-refractivity contribution in [1.82, 2.24) is 14.4 Å². The van der Waals surface area contributed by atoms with Crippen molar-refractivity contribution < 1.29 is 4.79 Å². The normalized spacial score (nSPS) is 11.0. The minimum atomic E-state index is -0.160. The van der Waals surface area contributed by atoms with E-state index >= 15 is 0 Å². The Balaban J connectivity index is 1.74. The minimum Gasteiger partial charge on any atom is -0.310 e. The molecule has 0 atom stereocenters. The Kier molecular flexibility index (Phi) is 5.07. The van der Waals surface area contributed by atoms with E-state index in [1.807, 2.05) is 29.7 Å². The Labute approximate surface area is 174 Å².